The average molecular weight is 374 g/mol. The molecule has 0 saturated carbocycles. The number of nitro groups is 1. The van der Waals surface area contributed by atoms with Crippen molar-refractivity contribution in [3.05, 3.63) is 57.1 Å². The average Bonchev–Trinajstić information content (AvgIpc) is 2.66. The maximum absolute atomic E-state index is 12.6. The number of nitrogens with zero attached hydrogens (tertiary/aromatic N) is 1. The summed E-state index contributed by atoms with van der Waals surface area (Å²) < 4.78 is 15.1. The second-order valence-corrected chi connectivity index (χ2v) is 5.46. The fourth-order valence-electron chi connectivity index (χ4n) is 2.46. The van der Waals surface area contributed by atoms with Crippen molar-refractivity contribution in [1.29, 1.82) is 0 Å². The Balaban J connectivity index is 2.43. The molecule has 0 spiro atoms. The molecule has 0 unspecified atom stereocenters. The number of nitrogens with one attached hydrogen (secondary N) is 1. The van der Waals surface area contributed by atoms with Crippen LogP contribution in [-0.4, -0.2) is 38.1 Å². The van der Waals surface area contributed by atoms with E-state index in [1.54, 1.807) is 0 Å². The number of aryl methyl sites for hydroxylation is 1. The lowest BCUT2D eigenvalue weighted by Gasteiger charge is -2.14. The Morgan fingerprint density at radius 1 is 1.04 bits per heavy atom. The van der Waals surface area contributed by atoms with E-state index >= 15 is 0 Å². The summed E-state index contributed by atoms with van der Waals surface area (Å²) in [7, 11) is 4.04. The van der Waals surface area contributed by atoms with Crippen molar-refractivity contribution in [2.45, 2.75) is 6.92 Å². The van der Waals surface area contributed by atoms with Gasteiger partial charge < -0.3 is 19.5 Å². The molecule has 1 N–H and O–H groups in total. The van der Waals surface area contributed by atoms with E-state index in [1.807, 2.05) is 0 Å². The molecule has 9 heteroatoms. The molecule has 0 aliphatic heterocycles. The van der Waals surface area contributed by atoms with Crippen molar-refractivity contribution in [1.82, 2.24) is 0 Å². The Hall–Kier alpha value is -3.62. The van der Waals surface area contributed by atoms with Gasteiger partial charge in [0.2, 0.25) is 0 Å². The van der Waals surface area contributed by atoms with Gasteiger partial charge in [-0.05, 0) is 19.1 Å². The first-order chi connectivity index (χ1) is 12.8. The second kappa shape index (κ2) is 8.17. The first kappa shape index (κ1) is 19.7. The van der Waals surface area contributed by atoms with E-state index in [0.717, 1.165) is 0 Å². The third-order valence-electron chi connectivity index (χ3n) is 3.83. The molecule has 0 aliphatic carbocycles. The van der Waals surface area contributed by atoms with Crippen molar-refractivity contribution in [3.63, 3.8) is 0 Å². The summed E-state index contributed by atoms with van der Waals surface area (Å²) in [4.78, 5) is 35.0. The second-order valence-electron chi connectivity index (χ2n) is 5.46. The van der Waals surface area contributed by atoms with Crippen LogP contribution in [-0.2, 0) is 4.74 Å². The number of benzene rings is 2. The highest BCUT2D eigenvalue weighted by Crippen LogP contribution is 2.34. The number of carbonyl (C=O) groups is 2. The molecule has 2 aromatic carbocycles. The summed E-state index contributed by atoms with van der Waals surface area (Å²) >= 11 is 0. The molecular weight excluding hydrogens is 356 g/mol. The number of ether oxygens (including phenoxy) is 3. The van der Waals surface area contributed by atoms with Crippen LogP contribution in [0, 0.1) is 17.0 Å². The van der Waals surface area contributed by atoms with Crippen LogP contribution in [0.4, 0.5) is 11.4 Å². The van der Waals surface area contributed by atoms with Crippen LogP contribution in [0.2, 0.25) is 0 Å². The lowest BCUT2D eigenvalue weighted by Crippen LogP contribution is -2.16. The number of amides is 1. The topological polar surface area (TPSA) is 117 Å². The van der Waals surface area contributed by atoms with Crippen LogP contribution < -0.4 is 14.8 Å². The van der Waals surface area contributed by atoms with Crippen LogP contribution in [0.5, 0.6) is 11.5 Å². The van der Waals surface area contributed by atoms with E-state index in [-0.39, 0.29) is 22.5 Å². The van der Waals surface area contributed by atoms with Gasteiger partial charge in [0.25, 0.3) is 11.6 Å². The Morgan fingerprint density at radius 3 is 2.19 bits per heavy atom. The van der Waals surface area contributed by atoms with E-state index in [4.69, 9.17) is 14.2 Å². The molecule has 0 fully saturated rings. The summed E-state index contributed by atoms with van der Waals surface area (Å²) in [5.41, 5.74) is 0.674. The molecule has 0 heterocycles. The first-order valence-corrected chi connectivity index (χ1v) is 7.73. The molecule has 27 heavy (non-hydrogen) atoms. The van der Waals surface area contributed by atoms with Gasteiger partial charge in [-0.15, -0.1) is 0 Å². The van der Waals surface area contributed by atoms with Crippen LogP contribution in [0.1, 0.15) is 26.3 Å². The Morgan fingerprint density at radius 2 is 1.67 bits per heavy atom. The van der Waals surface area contributed by atoms with Gasteiger partial charge in [0.1, 0.15) is 0 Å². The van der Waals surface area contributed by atoms with Crippen LogP contribution in [0.3, 0.4) is 0 Å². The standard InChI is InChI=1S/C18H18N2O7/c1-10-7-11(5-6-14(10)20(23)24)17(21)19-13-9-16(26-3)15(25-2)8-12(13)18(22)27-4/h5-9H,1-4H3,(H,19,21). The van der Waals surface area contributed by atoms with Gasteiger partial charge in [0, 0.05) is 29.3 Å². The zero-order valence-electron chi connectivity index (χ0n) is 15.2. The number of esters is 1. The minimum Gasteiger partial charge on any atom is -0.493 e. The lowest BCUT2D eigenvalue weighted by atomic mass is 10.1. The molecule has 0 aromatic heterocycles. The summed E-state index contributed by atoms with van der Waals surface area (Å²) in [6, 6.07) is 6.80. The quantitative estimate of drug-likeness (QED) is 0.469. The smallest absolute Gasteiger partial charge is 0.340 e. The van der Waals surface area contributed by atoms with Crippen molar-refractivity contribution in [3.8, 4) is 11.5 Å². The van der Waals surface area contributed by atoms with Crippen molar-refractivity contribution in [2.75, 3.05) is 26.6 Å². The third-order valence-corrected chi connectivity index (χ3v) is 3.83. The fourth-order valence-corrected chi connectivity index (χ4v) is 2.46. The molecule has 2 rings (SSSR count). The van der Waals surface area contributed by atoms with Gasteiger partial charge in [-0.25, -0.2) is 4.79 Å². The number of hydrogen-bond acceptors (Lipinski definition) is 7. The zero-order chi connectivity index (χ0) is 20.1. The predicted octanol–water partition coefficient (Wildman–Crippen LogP) is 2.96. The van der Waals surface area contributed by atoms with Gasteiger partial charge in [-0.2, -0.15) is 0 Å². The van der Waals surface area contributed by atoms with Gasteiger partial charge in [0.05, 0.1) is 37.5 Å². The normalized spacial score (nSPS) is 10.1. The highest BCUT2D eigenvalue weighted by Gasteiger charge is 2.20. The summed E-state index contributed by atoms with van der Waals surface area (Å²) in [5, 5.41) is 13.5. The maximum atomic E-state index is 12.6. The number of nitro benzene ring substituents is 1. The van der Waals surface area contributed by atoms with Crippen molar-refractivity contribution in [2.24, 2.45) is 0 Å². The Labute approximate surface area is 155 Å². The highest BCUT2D eigenvalue weighted by atomic mass is 16.6. The van der Waals surface area contributed by atoms with E-state index < -0.39 is 16.8 Å². The molecule has 0 saturated heterocycles. The minimum absolute atomic E-state index is 0.0714. The van der Waals surface area contributed by atoms with Gasteiger partial charge >= 0.3 is 5.97 Å². The number of methoxy groups -OCH3 is 3. The third kappa shape index (κ3) is 4.14. The monoisotopic (exact) mass is 374 g/mol. The zero-order valence-corrected chi connectivity index (χ0v) is 15.2. The largest absolute Gasteiger partial charge is 0.493 e. The highest BCUT2D eigenvalue weighted by molar-refractivity contribution is 6.08. The Kier molecular flexibility index (Phi) is 5.96. The lowest BCUT2D eigenvalue weighted by molar-refractivity contribution is -0.385. The number of anilines is 1. The minimum atomic E-state index is -0.675. The first-order valence-electron chi connectivity index (χ1n) is 7.73. The summed E-state index contributed by atoms with van der Waals surface area (Å²) in [6.07, 6.45) is 0. The van der Waals surface area contributed by atoms with E-state index in [2.05, 4.69) is 5.32 Å². The van der Waals surface area contributed by atoms with Crippen molar-refractivity contribution >= 4 is 23.3 Å². The van der Waals surface area contributed by atoms with Gasteiger partial charge in [-0.3, -0.25) is 14.9 Å². The van der Waals surface area contributed by atoms with Gasteiger partial charge in [-0.1, -0.05) is 0 Å². The number of hydrogen-bond donors (Lipinski definition) is 1. The molecule has 142 valence electrons. The molecule has 9 nitrogen and oxygen atoms in total. The predicted molar refractivity (Wildman–Crippen MR) is 96.7 cm³/mol. The molecule has 0 aliphatic rings. The maximum Gasteiger partial charge on any atom is 0.340 e. The molecule has 0 atom stereocenters. The Bertz CT molecular complexity index is 909. The van der Waals surface area contributed by atoms with Crippen LogP contribution in [0.25, 0.3) is 0 Å². The number of carbonyl (C=O) groups excluding carboxylic acids is 2. The molecule has 1 amide bonds. The summed E-state index contributed by atoms with van der Waals surface area (Å²) in [5.74, 6) is -0.626. The SMILES string of the molecule is COC(=O)c1cc(OC)c(OC)cc1NC(=O)c1ccc([N+](=O)[O-])c(C)c1. The van der Waals surface area contributed by atoms with Gasteiger partial charge in [0.15, 0.2) is 11.5 Å². The van der Waals surface area contributed by atoms with Crippen molar-refractivity contribution < 1.29 is 28.7 Å². The summed E-state index contributed by atoms with van der Waals surface area (Å²) in [6.45, 7) is 1.53. The number of rotatable bonds is 6. The van der Waals surface area contributed by atoms with Crippen LogP contribution >= 0.6 is 0 Å². The molecule has 0 radical (unpaired) electrons. The van der Waals surface area contributed by atoms with E-state index in [0.29, 0.717) is 17.1 Å². The molecular formula is C18H18N2O7. The van der Waals surface area contributed by atoms with E-state index in [1.165, 1.54) is 58.6 Å². The molecule has 2 aromatic rings. The molecule has 0 bridgehead atoms. The van der Waals surface area contributed by atoms with Crippen LogP contribution in [0.15, 0.2) is 30.3 Å². The fraction of sp³-hybridized carbons (Fsp3) is 0.222. The van der Waals surface area contributed by atoms with E-state index in [9.17, 15) is 19.7 Å².